The van der Waals surface area contributed by atoms with Gasteiger partial charge in [-0.1, -0.05) is 13.0 Å². The van der Waals surface area contributed by atoms with Crippen molar-refractivity contribution in [3.05, 3.63) is 29.3 Å². The molecule has 0 unspecified atom stereocenters. The Bertz CT molecular complexity index is 648. The minimum Gasteiger partial charge on any atom is -0.497 e. The fourth-order valence-electron chi connectivity index (χ4n) is 6.57. The third-order valence-electron chi connectivity index (χ3n) is 7.73. The average Bonchev–Trinajstić information content (AvgIpc) is 3.21. The van der Waals surface area contributed by atoms with Gasteiger partial charge in [0, 0.05) is 11.8 Å². The highest BCUT2D eigenvalue weighted by Crippen LogP contribution is 2.66. The van der Waals surface area contributed by atoms with Crippen LogP contribution in [0.2, 0.25) is 0 Å². The summed E-state index contributed by atoms with van der Waals surface area (Å²) in [5.41, 5.74) is 3.30. The van der Waals surface area contributed by atoms with Crippen molar-refractivity contribution in [2.45, 2.75) is 57.2 Å². The van der Waals surface area contributed by atoms with Crippen molar-refractivity contribution >= 4 is 0 Å². The molecule has 2 saturated carbocycles. The molecule has 130 valence electrons. The Balaban J connectivity index is 1.49. The van der Waals surface area contributed by atoms with E-state index in [-0.39, 0.29) is 11.2 Å². The van der Waals surface area contributed by atoms with Crippen molar-refractivity contribution in [3.63, 3.8) is 0 Å². The summed E-state index contributed by atoms with van der Waals surface area (Å²) in [7, 11) is 1.76. The summed E-state index contributed by atoms with van der Waals surface area (Å²) in [6, 6.07) is 6.74. The van der Waals surface area contributed by atoms with Gasteiger partial charge in [0.05, 0.1) is 20.3 Å². The summed E-state index contributed by atoms with van der Waals surface area (Å²) in [6.45, 7) is 4.01. The summed E-state index contributed by atoms with van der Waals surface area (Å²) in [6.07, 6.45) is 7.35. The number of ether oxygens (including phenoxy) is 3. The molecule has 0 bridgehead atoms. The number of hydrogen-bond acceptors (Lipinski definition) is 3. The van der Waals surface area contributed by atoms with Gasteiger partial charge in [0.25, 0.3) is 0 Å². The molecule has 3 fully saturated rings. The van der Waals surface area contributed by atoms with E-state index in [0.29, 0.717) is 5.92 Å². The molecular weight excluding hydrogens is 300 g/mol. The molecule has 1 heterocycles. The fraction of sp³-hybridized carbons (Fsp3) is 0.714. The zero-order valence-corrected chi connectivity index (χ0v) is 14.8. The Morgan fingerprint density at radius 2 is 1.92 bits per heavy atom. The monoisotopic (exact) mass is 328 g/mol. The highest BCUT2D eigenvalue weighted by molar-refractivity contribution is 5.40. The summed E-state index contributed by atoms with van der Waals surface area (Å²) in [5.74, 6) is 2.97. The molecule has 3 aliphatic carbocycles. The van der Waals surface area contributed by atoms with E-state index in [0.717, 1.165) is 37.2 Å². The van der Waals surface area contributed by atoms with E-state index < -0.39 is 0 Å². The van der Waals surface area contributed by atoms with Gasteiger partial charge in [-0.15, -0.1) is 0 Å². The standard InChI is InChI=1S/C21H28O3/c1-20-9-7-17-16-6-4-15(22-2)13-14(16)3-5-18(17)19(20)8-10-21(20)23-11-12-24-21/h4,6,13,17-19H,3,5,7-12H2,1-2H3/t17-,18-,19+,20+/m0/s1. The van der Waals surface area contributed by atoms with Crippen LogP contribution in [0, 0.1) is 17.3 Å². The van der Waals surface area contributed by atoms with Gasteiger partial charge in [0.15, 0.2) is 5.79 Å². The van der Waals surface area contributed by atoms with Gasteiger partial charge in [-0.05, 0) is 73.1 Å². The van der Waals surface area contributed by atoms with Crippen LogP contribution in [0.3, 0.4) is 0 Å². The third-order valence-corrected chi connectivity index (χ3v) is 7.73. The van der Waals surface area contributed by atoms with E-state index >= 15 is 0 Å². The van der Waals surface area contributed by atoms with Crippen molar-refractivity contribution in [2.24, 2.45) is 17.3 Å². The van der Waals surface area contributed by atoms with Gasteiger partial charge < -0.3 is 14.2 Å². The highest BCUT2D eigenvalue weighted by Gasteiger charge is 2.64. The van der Waals surface area contributed by atoms with Crippen LogP contribution in [0.5, 0.6) is 5.75 Å². The summed E-state index contributed by atoms with van der Waals surface area (Å²) in [5, 5.41) is 0. The molecule has 4 atom stereocenters. The molecule has 1 aliphatic heterocycles. The van der Waals surface area contributed by atoms with E-state index in [1.807, 2.05) is 0 Å². The third kappa shape index (κ3) is 1.86. The molecule has 1 saturated heterocycles. The molecule has 0 radical (unpaired) electrons. The lowest BCUT2D eigenvalue weighted by atomic mass is 9.55. The smallest absolute Gasteiger partial charge is 0.174 e. The zero-order chi connectivity index (χ0) is 16.4. The largest absolute Gasteiger partial charge is 0.497 e. The van der Waals surface area contributed by atoms with Crippen LogP contribution >= 0.6 is 0 Å². The van der Waals surface area contributed by atoms with Gasteiger partial charge in [-0.2, -0.15) is 0 Å². The average molecular weight is 328 g/mol. The lowest BCUT2D eigenvalue weighted by molar-refractivity contribution is -0.237. The second-order valence-electron chi connectivity index (χ2n) is 8.42. The first-order chi connectivity index (χ1) is 11.7. The molecule has 4 aliphatic rings. The van der Waals surface area contributed by atoms with Crippen LogP contribution in [-0.2, 0) is 15.9 Å². The van der Waals surface area contributed by atoms with E-state index in [9.17, 15) is 0 Å². The fourth-order valence-corrected chi connectivity index (χ4v) is 6.57. The molecule has 5 rings (SSSR count). The van der Waals surface area contributed by atoms with Crippen LogP contribution in [0.4, 0.5) is 0 Å². The summed E-state index contributed by atoms with van der Waals surface area (Å²) >= 11 is 0. The van der Waals surface area contributed by atoms with Gasteiger partial charge in [0.1, 0.15) is 5.75 Å². The van der Waals surface area contributed by atoms with Crippen molar-refractivity contribution in [2.75, 3.05) is 20.3 Å². The Morgan fingerprint density at radius 3 is 2.71 bits per heavy atom. The number of methoxy groups -OCH3 is 1. The van der Waals surface area contributed by atoms with E-state index in [2.05, 4.69) is 25.1 Å². The Kier molecular flexibility index (Phi) is 3.31. The van der Waals surface area contributed by atoms with E-state index in [4.69, 9.17) is 14.2 Å². The number of benzene rings is 1. The first kappa shape index (κ1) is 15.2. The van der Waals surface area contributed by atoms with Gasteiger partial charge in [0.2, 0.25) is 0 Å². The number of rotatable bonds is 1. The Labute approximate surface area is 144 Å². The molecule has 0 amide bonds. The van der Waals surface area contributed by atoms with Gasteiger partial charge >= 0.3 is 0 Å². The first-order valence-corrected chi connectivity index (χ1v) is 9.62. The Morgan fingerprint density at radius 1 is 1.08 bits per heavy atom. The minimum atomic E-state index is -0.275. The predicted molar refractivity (Wildman–Crippen MR) is 92.2 cm³/mol. The van der Waals surface area contributed by atoms with Crippen LogP contribution in [-0.4, -0.2) is 26.1 Å². The molecule has 3 heteroatoms. The second kappa shape index (κ2) is 5.22. The van der Waals surface area contributed by atoms with Gasteiger partial charge in [-0.25, -0.2) is 0 Å². The van der Waals surface area contributed by atoms with Crippen molar-refractivity contribution in [3.8, 4) is 5.75 Å². The normalized spacial score (nSPS) is 39.3. The molecule has 24 heavy (non-hydrogen) atoms. The van der Waals surface area contributed by atoms with E-state index in [1.165, 1.54) is 37.7 Å². The van der Waals surface area contributed by atoms with Crippen LogP contribution < -0.4 is 4.74 Å². The number of fused-ring (bicyclic) bond motifs is 6. The lowest BCUT2D eigenvalue weighted by Crippen LogP contribution is -2.51. The maximum Gasteiger partial charge on any atom is 0.174 e. The highest BCUT2D eigenvalue weighted by atomic mass is 16.7. The predicted octanol–water partition coefficient (Wildman–Crippen LogP) is 4.29. The van der Waals surface area contributed by atoms with Crippen molar-refractivity contribution in [1.29, 1.82) is 0 Å². The van der Waals surface area contributed by atoms with Crippen molar-refractivity contribution in [1.82, 2.24) is 0 Å². The van der Waals surface area contributed by atoms with Crippen molar-refractivity contribution < 1.29 is 14.2 Å². The van der Waals surface area contributed by atoms with Crippen LogP contribution in [0.1, 0.15) is 56.1 Å². The quantitative estimate of drug-likeness (QED) is 0.769. The molecule has 0 aromatic heterocycles. The zero-order valence-electron chi connectivity index (χ0n) is 14.8. The maximum absolute atomic E-state index is 6.21. The summed E-state index contributed by atoms with van der Waals surface area (Å²) < 4.78 is 17.9. The number of hydrogen-bond donors (Lipinski definition) is 0. The molecule has 1 aromatic rings. The topological polar surface area (TPSA) is 27.7 Å². The molecule has 0 N–H and O–H groups in total. The minimum absolute atomic E-state index is 0.203. The first-order valence-electron chi connectivity index (χ1n) is 9.62. The van der Waals surface area contributed by atoms with Crippen LogP contribution in [0.25, 0.3) is 0 Å². The molecular formula is C21H28O3. The van der Waals surface area contributed by atoms with Crippen LogP contribution in [0.15, 0.2) is 18.2 Å². The lowest BCUT2D eigenvalue weighted by Gasteiger charge is -2.52. The molecule has 1 spiro atoms. The Hall–Kier alpha value is -1.06. The molecule has 3 nitrogen and oxygen atoms in total. The van der Waals surface area contributed by atoms with Gasteiger partial charge in [-0.3, -0.25) is 0 Å². The second-order valence-corrected chi connectivity index (χ2v) is 8.42. The SMILES string of the molecule is COc1ccc2c(c1)CC[C@@H]1[C@H]3CCC4(OCCO4)[C@]3(C)CC[C@@H]21. The molecule has 1 aromatic carbocycles. The van der Waals surface area contributed by atoms with E-state index in [1.54, 1.807) is 12.7 Å². The maximum atomic E-state index is 6.21. The summed E-state index contributed by atoms with van der Waals surface area (Å²) in [4.78, 5) is 0. The number of aryl methyl sites for hydroxylation is 1.